The summed E-state index contributed by atoms with van der Waals surface area (Å²) < 4.78 is 5.31. The molecule has 2 heterocycles. The van der Waals surface area contributed by atoms with Crippen LogP contribution in [-0.2, 0) is 5.41 Å². The van der Waals surface area contributed by atoms with Gasteiger partial charge in [-0.15, -0.1) is 0 Å². The van der Waals surface area contributed by atoms with Crippen LogP contribution in [0.5, 0.6) is 0 Å². The average Bonchev–Trinajstić information content (AvgIpc) is 2.67. The molecule has 0 saturated carbocycles. The maximum absolute atomic E-state index is 5.31. The Kier molecular flexibility index (Phi) is 2.78. The van der Waals surface area contributed by atoms with Crippen molar-refractivity contribution in [2.24, 2.45) is 0 Å². The molecule has 1 aliphatic rings. The van der Waals surface area contributed by atoms with Crippen LogP contribution in [0.25, 0.3) is 0 Å². The summed E-state index contributed by atoms with van der Waals surface area (Å²) in [5, 5.41) is 7.44. The van der Waals surface area contributed by atoms with Gasteiger partial charge in [-0.2, -0.15) is 4.98 Å². The van der Waals surface area contributed by atoms with Crippen molar-refractivity contribution in [3.63, 3.8) is 0 Å². The average molecular weight is 209 g/mol. The van der Waals surface area contributed by atoms with Crippen molar-refractivity contribution in [3.8, 4) is 0 Å². The van der Waals surface area contributed by atoms with Crippen LogP contribution in [0.4, 0.5) is 0 Å². The largest absolute Gasteiger partial charge is 0.338 e. The van der Waals surface area contributed by atoms with Gasteiger partial charge in [0.05, 0.1) is 6.04 Å². The Morgan fingerprint density at radius 2 is 2.13 bits per heavy atom. The van der Waals surface area contributed by atoms with Crippen LogP contribution in [0.15, 0.2) is 4.52 Å². The van der Waals surface area contributed by atoms with Crippen LogP contribution < -0.4 is 5.32 Å². The normalized spacial score (nSPS) is 23.0. The standard InChI is InChI=1S/C11H19N3O/c1-11(2,3)10-13-9(15-14-10)8-6-4-5-7-12-8/h8,12H,4-7H2,1-3H3/t8-/m1/s1. The van der Waals surface area contributed by atoms with Gasteiger partial charge in [0.1, 0.15) is 0 Å². The van der Waals surface area contributed by atoms with Gasteiger partial charge in [0.25, 0.3) is 0 Å². The molecule has 0 unspecified atom stereocenters. The molecular weight excluding hydrogens is 190 g/mol. The van der Waals surface area contributed by atoms with Crippen LogP contribution in [0.1, 0.15) is 57.8 Å². The molecule has 1 aromatic rings. The van der Waals surface area contributed by atoms with E-state index in [1.807, 2.05) is 0 Å². The molecule has 1 N–H and O–H groups in total. The monoisotopic (exact) mass is 209 g/mol. The summed E-state index contributed by atoms with van der Waals surface area (Å²) in [6, 6.07) is 0.266. The quantitative estimate of drug-likeness (QED) is 0.770. The van der Waals surface area contributed by atoms with Crippen LogP contribution in [0, 0.1) is 0 Å². The summed E-state index contributed by atoms with van der Waals surface area (Å²) >= 11 is 0. The molecule has 84 valence electrons. The van der Waals surface area contributed by atoms with Crippen molar-refractivity contribution < 1.29 is 4.52 Å². The lowest BCUT2D eigenvalue weighted by Crippen LogP contribution is -2.27. The zero-order valence-electron chi connectivity index (χ0n) is 9.71. The highest BCUT2D eigenvalue weighted by Crippen LogP contribution is 2.24. The molecule has 15 heavy (non-hydrogen) atoms. The first-order valence-corrected chi connectivity index (χ1v) is 5.65. The summed E-state index contributed by atoms with van der Waals surface area (Å²) in [4.78, 5) is 4.46. The van der Waals surface area contributed by atoms with E-state index in [1.54, 1.807) is 0 Å². The molecule has 0 aliphatic carbocycles. The Morgan fingerprint density at radius 3 is 2.67 bits per heavy atom. The lowest BCUT2D eigenvalue weighted by molar-refractivity contribution is 0.294. The van der Waals surface area contributed by atoms with Gasteiger partial charge in [0.15, 0.2) is 5.82 Å². The molecule has 1 saturated heterocycles. The fourth-order valence-corrected chi connectivity index (χ4v) is 1.74. The minimum atomic E-state index is -0.0313. The molecule has 1 aliphatic heterocycles. The predicted molar refractivity (Wildman–Crippen MR) is 57.6 cm³/mol. The van der Waals surface area contributed by atoms with Gasteiger partial charge in [-0.25, -0.2) is 0 Å². The predicted octanol–water partition coefficient (Wildman–Crippen LogP) is 2.18. The Labute approximate surface area is 90.4 Å². The van der Waals surface area contributed by atoms with E-state index in [1.165, 1.54) is 12.8 Å². The molecule has 0 radical (unpaired) electrons. The lowest BCUT2D eigenvalue weighted by atomic mass is 9.96. The second kappa shape index (κ2) is 3.93. The topological polar surface area (TPSA) is 51.0 Å². The second-order valence-electron chi connectivity index (χ2n) is 5.21. The van der Waals surface area contributed by atoms with Gasteiger partial charge in [-0.05, 0) is 19.4 Å². The number of nitrogens with zero attached hydrogens (tertiary/aromatic N) is 2. The first-order valence-electron chi connectivity index (χ1n) is 5.65. The molecule has 1 atom stereocenters. The zero-order valence-corrected chi connectivity index (χ0v) is 9.71. The highest BCUT2D eigenvalue weighted by atomic mass is 16.5. The van der Waals surface area contributed by atoms with Crippen molar-refractivity contribution in [2.45, 2.75) is 51.5 Å². The molecule has 2 rings (SSSR count). The molecule has 1 aromatic heterocycles. The molecule has 0 spiro atoms. The minimum Gasteiger partial charge on any atom is -0.338 e. The van der Waals surface area contributed by atoms with Crippen LogP contribution in [0.3, 0.4) is 0 Å². The molecule has 4 nitrogen and oxygen atoms in total. The van der Waals surface area contributed by atoms with Crippen molar-refractivity contribution in [2.75, 3.05) is 6.54 Å². The van der Waals surface area contributed by atoms with Gasteiger partial charge in [-0.3, -0.25) is 0 Å². The Balaban J connectivity index is 2.12. The third-order valence-corrected chi connectivity index (χ3v) is 2.72. The van der Waals surface area contributed by atoms with Crippen molar-refractivity contribution >= 4 is 0 Å². The van der Waals surface area contributed by atoms with E-state index in [9.17, 15) is 0 Å². The van der Waals surface area contributed by atoms with Crippen LogP contribution in [0.2, 0.25) is 0 Å². The highest BCUT2D eigenvalue weighted by molar-refractivity contribution is 5.02. The Bertz CT molecular complexity index is 321. The third kappa shape index (κ3) is 2.37. The Morgan fingerprint density at radius 1 is 1.33 bits per heavy atom. The number of nitrogens with one attached hydrogen (secondary N) is 1. The van der Waals surface area contributed by atoms with E-state index >= 15 is 0 Å². The summed E-state index contributed by atoms with van der Waals surface area (Å²) in [6.07, 6.45) is 3.59. The number of rotatable bonds is 1. The van der Waals surface area contributed by atoms with Gasteiger partial charge >= 0.3 is 0 Å². The number of hydrogen-bond acceptors (Lipinski definition) is 4. The summed E-state index contributed by atoms with van der Waals surface area (Å²) in [6.45, 7) is 7.33. The molecule has 0 bridgehead atoms. The molecule has 1 fully saturated rings. The van der Waals surface area contributed by atoms with Gasteiger partial charge < -0.3 is 9.84 Å². The number of hydrogen-bond donors (Lipinski definition) is 1. The fraction of sp³-hybridized carbons (Fsp3) is 0.818. The summed E-state index contributed by atoms with van der Waals surface area (Å²) in [5.74, 6) is 1.55. The summed E-state index contributed by atoms with van der Waals surface area (Å²) in [5.41, 5.74) is -0.0313. The molecular formula is C11H19N3O. The maximum Gasteiger partial charge on any atom is 0.243 e. The first kappa shape index (κ1) is 10.6. The summed E-state index contributed by atoms with van der Waals surface area (Å²) in [7, 11) is 0. The smallest absolute Gasteiger partial charge is 0.243 e. The zero-order chi connectivity index (χ0) is 10.9. The fourth-order valence-electron chi connectivity index (χ4n) is 1.74. The van der Waals surface area contributed by atoms with E-state index < -0.39 is 0 Å². The van der Waals surface area contributed by atoms with E-state index in [2.05, 4.69) is 36.2 Å². The number of piperidine rings is 1. The van der Waals surface area contributed by atoms with Crippen LogP contribution >= 0.6 is 0 Å². The van der Waals surface area contributed by atoms with E-state index in [4.69, 9.17) is 4.52 Å². The third-order valence-electron chi connectivity index (χ3n) is 2.72. The van der Waals surface area contributed by atoms with Gasteiger partial charge in [-0.1, -0.05) is 32.3 Å². The Hall–Kier alpha value is -0.900. The maximum atomic E-state index is 5.31. The molecule has 0 amide bonds. The van der Waals surface area contributed by atoms with Gasteiger partial charge in [0, 0.05) is 5.41 Å². The molecule has 4 heteroatoms. The first-order chi connectivity index (χ1) is 7.07. The van der Waals surface area contributed by atoms with Gasteiger partial charge in [0.2, 0.25) is 5.89 Å². The SMILES string of the molecule is CC(C)(C)c1noc([C@H]2CCCCN2)n1. The van der Waals surface area contributed by atoms with Crippen LogP contribution in [-0.4, -0.2) is 16.7 Å². The minimum absolute atomic E-state index is 0.0313. The highest BCUT2D eigenvalue weighted by Gasteiger charge is 2.25. The lowest BCUT2D eigenvalue weighted by Gasteiger charge is -2.19. The van der Waals surface area contributed by atoms with Crippen molar-refractivity contribution in [1.82, 2.24) is 15.5 Å². The second-order valence-corrected chi connectivity index (χ2v) is 5.21. The van der Waals surface area contributed by atoms with Crippen molar-refractivity contribution in [1.29, 1.82) is 0 Å². The molecule has 0 aromatic carbocycles. The van der Waals surface area contributed by atoms with E-state index in [0.29, 0.717) is 0 Å². The van der Waals surface area contributed by atoms with E-state index in [-0.39, 0.29) is 11.5 Å². The number of aromatic nitrogens is 2. The van der Waals surface area contributed by atoms with E-state index in [0.717, 1.165) is 24.7 Å². The van der Waals surface area contributed by atoms with Crippen molar-refractivity contribution in [3.05, 3.63) is 11.7 Å².